The molecule has 2 amide bonds. The third kappa shape index (κ3) is 4.05. The second-order valence-electron chi connectivity index (χ2n) is 5.43. The first-order chi connectivity index (χ1) is 11.3. The molecule has 0 aliphatic heterocycles. The number of carbonyl (C=O) groups is 2. The lowest BCUT2D eigenvalue weighted by molar-refractivity contribution is -0.130. The van der Waals surface area contributed by atoms with Gasteiger partial charge in [0.25, 0.3) is 11.8 Å². The second-order valence-corrected chi connectivity index (χ2v) is 5.79. The van der Waals surface area contributed by atoms with Crippen LogP contribution in [0.4, 0.5) is 5.69 Å². The van der Waals surface area contributed by atoms with E-state index in [4.69, 9.17) is 16.3 Å². The normalized spacial score (nSPS) is 10.4. The zero-order valence-corrected chi connectivity index (χ0v) is 14.7. The summed E-state index contributed by atoms with van der Waals surface area (Å²) in [5.74, 6) is 0.0786. The van der Waals surface area contributed by atoms with E-state index >= 15 is 0 Å². The topological polar surface area (TPSA) is 76.5 Å². The molecule has 0 aliphatic rings. The van der Waals surface area contributed by atoms with Gasteiger partial charge in [0.15, 0.2) is 6.61 Å². The molecule has 24 heavy (non-hydrogen) atoms. The molecule has 0 fully saturated rings. The number of nitrogens with one attached hydrogen (secondary N) is 1. The first-order valence-electron chi connectivity index (χ1n) is 7.23. The molecule has 0 atom stereocenters. The highest BCUT2D eigenvalue weighted by Gasteiger charge is 2.19. The van der Waals surface area contributed by atoms with E-state index in [0.717, 1.165) is 0 Å². The summed E-state index contributed by atoms with van der Waals surface area (Å²) in [6, 6.07) is 6.73. The Labute approximate surface area is 145 Å². The Morgan fingerprint density at radius 3 is 2.42 bits per heavy atom. The fourth-order valence-corrected chi connectivity index (χ4v) is 2.25. The van der Waals surface area contributed by atoms with Crippen molar-refractivity contribution in [3.63, 3.8) is 0 Å². The summed E-state index contributed by atoms with van der Waals surface area (Å²) >= 11 is 6.08. The third-order valence-corrected chi connectivity index (χ3v) is 3.79. The van der Waals surface area contributed by atoms with Gasteiger partial charge in [0.1, 0.15) is 10.9 Å². The van der Waals surface area contributed by atoms with Gasteiger partial charge in [-0.3, -0.25) is 14.3 Å². The summed E-state index contributed by atoms with van der Waals surface area (Å²) in [5, 5.41) is 7.15. The molecule has 8 heteroatoms. The molecular weight excluding hydrogens is 332 g/mol. The summed E-state index contributed by atoms with van der Waals surface area (Å²) in [6.07, 6.45) is 0. The average Bonchev–Trinajstić information content (AvgIpc) is 2.78. The van der Waals surface area contributed by atoms with E-state index in [1.165, 1.54) is 9.58 Å². The van der Waals surface area contributed by atoms with Crippen LogP contribution in [-0.4, -0.2) is 47.2 Å². The number of halogens is 1. The van der Waals surface area contributed by atoms with Crippen molar-refractivity contribution in [3.8, 4) is 5.75 Å². The minimum absolute atomic E-state index is 0.0385. The molecule has 1 heterocycles. The lowest BCUT2D eigenvalue weighted by Crippen LogP contribution is -2.27. The fraction of sp³-hybridized carbons (Fsp3) is 0.312. The van der Waals surface area contributed by atoms with Gasteiger partial charge in [0, 0.05) is 26.8 Å². The molecule has 0 aliphatic carbocycles. The van der Waals surface area contributed by atoms with Crippen molar-refractivity contribution in [2.75, 3.05) is 26.0 Å². The number of rotatable bonds is 5. The summed E-state index contributed by atoms with van der Waals surface area (Å²) in [4.78, 5) is 25.2. The molecule has 1 aromatic carbocycles. The summed E-state index contributed by atoms with van der Waals surface area (Å²) in [7, 11) is 5.00. The molecule has 7 nitrogen and oxygen atoms in total. The number of hydrogen-bond acceptors (Lipinski definition) is 4. The van der Waals surface area contributed by atoms with E-state index in [0.29, 0.717) is 22.7 Å². The highest BCUT2D eigenvalue weighted by Crippen LogP contribution is 2.21. The van der Waals surface area contributed by atoms with Crippen molar-refractivity contribution < 1.29 is 14.3 Å². The third-order valence-electron chi connectivity index (χ3n) is 3.35. The maximum absolute atomic E-state index is 12.3. The Bertz CT molecular complexity index is 753. The van der Waals surface area contributed by atoms with Crippen molar-refractivity contribution in [1.82, 2.24) is 14.7 Å². The number of nitrogens with zero attached hydrogens (tertiary/aromatic N) is 3. The van der Waals surface area contributed by atoms with Gasteiger partial charge in [-0.25, -0.2) is 0 Å². The molecule has 0 saturated carbocycles. The number of ether oxygens (including phenoxy) is 1. The van der Waals surface area contributed by atoms with E-state index in [-0.39, 0.29) is 23.6 Å². The minimum atomic E-state index is -0.331. The highest BCUT2D eigenvalue weighted by molar-refractivity contribution is 6.33. The molecular formula is C16H19ClN4O3. The number of aromatic nitrogens is 2. The molecule has 128 valence electrons. The largest absolute Gasteiger partial charge is 0.484 e. The van der Waals surface area contributed by atoms with E-state index in [1.54, 1.807) is 52.3 Å². The molecule has 1 N–H and O–H groups in total. The quantitative estimate of drug-likeness (QED) is 0.896. The number of amides is 2. The molecule has 2 rings (SSSR count). The zero-order chi connectivity index (χ0) is 17.9. The van der Waals surface area contributed by atoms with Crippen molar-refractivity contribution in [2.24, 2.45) is 7.05 Å². The molecule has 0 saturated heterocycles. The van der Waals surface area contributed by atoms with Gasteiger partial charge >= 0.3 is 0 Å². The smallest absolute Gasteiger partial charge is 0.260 e. The van der Waals surface area contributed by atoms with Gasteiger partial charge in [-0.2, -0.15) is 5.10 Å². The van der Waals surface area contributed by atoms with Gasteiger partial charge < -0.3 is 15.0 Å². The SMILES string of the molecule is Cc1nn(C)c(Cl)c1C(=O)Nc1ccc(OCC(=O)N(C)C)cc1. The predicted molar refractivity (Wildman–Crippen MR) is 91.5 cm³/mol. The van der Waals surface area contributed by atoms with Crippen LogP contribution in [0, 0.1) is 6.92 Å². The monoisotopic (exact) mass is 350 g/mol. The van der Waals surface area contributed by atoms with Crippen LogP contribution in [0.1, 0.15) is 16.1 Å². The predicted octanol–water partition coefficient (Wildman–Crippen LogP) is 2.10. The average molecular weight is 351 g/mol. The summed E-state index contributed by atoms with van der Waals surface area (Å²) < 4.78 is 6.83. The maximum atomic E-state index is 12.3. The van der Waals surface area contributed by atoms with Gasteiger partial charge in [-0.05, 0) is 31.2 Å². The Morgan fingerprint density at radius 2 is 1.92 bits per heavy atom. The van der Waals surface area contributed by atoms with Crippen LogP contribution >= 0.6 is 11.6 Å². The number of carbonyl (C=O) groups excluding carboxylic acids is 2. The Balaban J connectivity index is 2.01. The van der Waals surface area contributed by atoms with E-state index in [9.17, 15) is 9.59 Å². The second kappa shape index (κ2) is 7.35. The van der Waals surface area contributed by atoms with Crippen molar-refractivity contribution in [2.45, 2.75) is 6.92 Å². The Kier molecular flexibility index (Phi) is 5.46. The summed E-state index contributed by atoms with van der Waals surface area (Å²) in [6.45, 7) is 1.68. The highest BCUT2D eigenvalue weighted by atomic mass is 35.5. The van der Waals surface area contributed by atoms with Gasteiger partial charge in [-0.15, -0.1) is 0 Å². The van der Waals surface area contributed by atoms with Crippen LogP contribution in [0.25, 0.3) is 0 Å². The van der Waals surface area contributed by atoms with Crippen LogP contribution in [0.2, 0.25) is 5.15 Å². The lowest BCUT2D eigenvalue weighted by atomic mass is 10.2. The first-order valence-corrected chi connectivity index (χ1v) is 7.61. The van der Waals surface area contributed by atoms with Crippen LogP contribution in [0.15, 0.2) is 24.3 Å². The van der Waals surface area contributed by atoms with Gasteiger partial charge in [0.05, 0.1) is 11.3 Å². The van der Waals surface area contributed by atoms with E-state index < -0.39 is 0 Å². The van der Waals surface area contributed by atoms with Crippen molar-refractivity contribution >= 4 is 29.1 Å². The molecule has 1 aromatic heterocycles. The van der Waals surface area contributed by atoms with Crippen molar-refractivity contribution in [1.29, 1.82) is 0 Å². The number of anilines is 1. The fourth-order valence-electron chi connectivity index (χ4n) is 1.99. The minimum Gasteiger partial charge on any atom is -0.484 e. The van der Waals surface area contributed by atoms with Crippen LogP contribution in [0.5, 0.6) is 5.75 Å². The molecule has 0 spiro atoms. The summed E-state index contributed by atoms with van der Waals surface area (Å²) in [5.41, 5.74) is 1.49. The Hall–Kier alpha value is -2.54. The molecule has 0 unspecified atom stereocenters. The first kappa shape index (κ1) is 17.8. The molecule has 0 radical (unpaired) electrons. The van der Waals surface area contributed by atoms with Crippen LogP contribution < -0.4 is 10.1 Å². The number of benzene rings is 1. The lowest BCUT2D eigenvalue weighted by Gasteiger charge is -2.11. The standard InChI is InChI=1S/C16H19ClN4O3/c1-10-14(15(17)21(4)19-10)16(23)18-11-5-7-12(8-6-11)24-9-13(22)20(2)3/h5-8H,9H2,1-4H3,(H,18,23). The molecule has 2 aromatic rings. The number of hydrogen-bond donors (Lipinski definition) is 1. The molecule has 0 bridgehead atoms. The maximum Gasteiger partial charge on any atom is 0.260 e. The zero-order valence-electron chi connectivity index (χ0n) is 14.0. The van der Waals surface area contributed by atoms with E-state index in [2.05, 4.69) is 10.4 Å². The van der Waals surface area contributed by atoms with Crippen LogP contribution in [0.3, 0.4) is 0 Å². The Morgan fingerprint density at radius 1 is 1.29 bits per heavy atom. The van der Waals surface area contributed by atoms with Gasteiger partial charge in [0.2, 0.25) is 0 Å². The van der Waals surface area contributed by atoms with Gasteiger partial charge in [-0.1, -0.05) is 11.6 Å². The van der Waals surface area contributed by atoms with Crippen LogP contribution in [-0.2, 0) is 11.8 Å². The van der Waals surface area contributed by atoms with E-state index in [1.807, 2.05) is 0 Å². The number of aryl methyl sites for hydroxylation is 2. The number of likely N-dealkylation sites (N-methyl/N-ethyl adjacent to an activating group) is 1. The van der Waals surface area contributed by atoms with Crippen molar-refractivity contribution in [3.05, 3.63) is 40.7 Å².